The molecule has 1 unspecified atom stereocenters. The molecule has 1 atom stereocenters. The molecule has 136 valence electrons. The fourth-order valence-corrected chi connectivity index (χ4v) is 3.69. The van der Waals surface area contributed by atoms with Crippen molar-refractivity contribution in [2.75, 3.05) is 11.9 Å². The molecule has 0 radical (unpaired) electrons. The van der Waals surface area contributed by atoms with E-state index >= 15 is 0 Å². The summed E-state index contributed by atoms with van der Waals surface area (Å²) in [5.41, 5.74) is 2.59. The zero-order valence-electron chi connectivity index (χ0n) is 15.2. The molecular formula is C19H23N5O2. The van der Waals surface area contributed by atoms with E-state index in [4.69, 9.17) is 0 Å². The second kappa shape index (κ2) is 6.55. The molecule has 26 heavy (non-hydrogen) atoms. The highest BCUT2D eigenvalue weighted by Gasteiger charge is 2.25. The maximum atomic E-state index is 12.7. The minimum absolute atomic E-state index is 0.0571. The summed E-state index contributed by atoms with van der Waals surface area (Å²) in [6, 6.07) is 5.63. The molecule has 3 heterocycles. The molecule has 4 rings (SSSR count). The van der Waals surface area contributed by atoms with Crippen LogP contribution in [0.5, 0.6) is 0 Å². The first kappa shape index (κ1) is 16.8. The molecule has 7 nitrogen and oxygen atoms in total. The highest BCUT2D eigenvalue weighted by atomic mass is 16.2. The van der Waals surface area contributed by atoms with Crippen molar-refractivity contribution in [1.29, 1.82) is 0 Å². The molecule has 0 saturated carbocycles. The number of aryl methyl sites for hydroxylation is 3. The van der Waals surface area contributed by atoms with Crippen LogP contribution in [0.3, 0.4) is 0 Å². The van der Waals surface area contributed by atoms with Crippen molar-refractivity contribution in [3.05, 3.63) is 41.0 Å². The molecule has 1 aromatic carbocycles. The summed E-state index contributed by atoms with van der Waals surface area (Å²) in [4.78, 5) is 30.7. The van der Waals surface area contributed by atoms with Crippen molar-refractivity contribution in [1.82, 2.24) is 20.1 Å². The van der Waals surface area contributed by atoms with Gasteiger partial charge in [-0.05, 0) is 36.6 Å². The van der Waals surface area contributed by atoms with Crippen LogP contribution in [0.15, 0.2) is 18.2 Å². The van der Waals surface area contributed by atoms with Crippen LogP contribution in [0.2, 0.25) is 0 Å². The number of nitrogens with one attached hydrogen (secondary N) is 1. The Hall–Kier alpha value is -2.70. The lowest BCUT2D eigenvalue weighted by Gasteiger charge is -2.26. The molecule has 7 heteroatoms. The molecule has 0 saturated heterocycles. The van der Waals surface area contributed by atoms with Gasteiger partial charge in [0.2, 0.25) is 5.91 Å². The fraction of sp³-hybridized carbons (Fsp3) is 0.474. The number of aromatic nitrogens is 3. The molecule has 2 aliphatic rings. The van der Waals surface area contributed by atoms with Crippen LogP contribution in [-0.4, -0.2) is 39.7 Å². The number of hydrogen-bond acceptors (Lipinski definition) is 4. The molecule has 0 fully saturated rings. The third-order valence-electron chi connectivity index (χ3n) is 5.24. The Morgan fingerprint density at radius 1 is 1.31 bits per heavy atom. The molecule has 2 amide bonds. The third-order valence-corrected chi connectivity index (χ3v) is 5.24. The van der Waals surface area contributed by atoms with E-state index in [1.807, 2.05) is 23.7 Å². The lowest BCUT2D eigenvalue weighted by molar-refractivity contribution is -0.118. The number of fused-ring (bicyclic) bond motifs is 2. The molecule has 1 N–H and O–H groups in total. The summed E-state index contributed by atoms with van der Waals surface area (Å²) in [6.07, 6.45) is 3.70. The Morgan fingerprint density at radius 2 is 2.15 bits per heavy atom. The van der Waals surface area contributed by atoms with Crippen molar-refractivity contribution in [3.63, 3.8) is 0 Å². The van der Waals surface area contributed by atoms with E-state index in [1.165, 1.54) is 0 Å². The zero-order valence-corrected chi connectivity index (χ0v) is 15.2. The number of anilines is 1. The quantitative estimate of drug-likeness (QED) is 0.907. The summed E-state index contributed by atoms with van der Waals surface area (Å²) < 4.78 is 1.92. The minimum atomic E-state index is -0.0726. The number of carbonyl (C=O) groups is 2. The fourth-order valence-electron chi connectivity index (χ4n) is 3.69. The van der Waals surface area contributed by atoms with Gasteiger partial charge < -0.3 is 10.2 Å². The van der Waals surface area contributed by atoms with Gasteiger partial charge >= 0.3 is 0 Å². The molecular weight excluding hydrogens is 330 g/mol. The Balaban J connectivity index is 1.46. The number of rotatable bonds is 3. The highest BCUT2D eigenvalue weighted by Crippen LogP contribution is 2.27. The van der Waals surface area contributed by atoms with Gasteiger partial charge in [-0.1, -0.05) is 6.92 Å². The van der Waals surface area contributed by atoms with Crippen LogP contribution in [0, 0.1) is 0 Å². The summed E-state index contributed by atoms with van der Waals surface area (Å²) >= 11 is 0. The first-order chi connectivity index (χ1) is 12.5. The van der Waals surface area contributed by atoms with E-state index < -0.39 is 0 Å². The largest absolute Gasteiger partial charge is 0.347 e. The Kier molecular flexibility index (Phi) is 4.22. The van der Waals surface area contributed by atoms with Gasteiger partial charge in [0.25, 0.3) is 5.91 Å². The first-order valence-electron chi connectivity index (χ1n) is 9.18. The lowest BCUT2D eigenvalue weighted by atomic mass is 9.98. The Bertz CT molecular complexity index is 873. The number of hydrogen-bond donors (Lipinski definition) is 1. The average molecular weight is 353 g/mol. The standard InChI is InChI=1S/C19H23N5O2/c1-3-16-21-17-8-6-14(11-24(17)22-16)20-19(26)13-4-7-15-12(10-13)5-9-18(25)23(15)2/h4,7,10,14H,3,5-6,8-9,11H2,1-2H3,(H,20,26). The van der Waals surface area contributed by atoms with Crippen LogP contribution < -0.4 is 10.2 Å². The molecule has 2 aromatic rings. The summed E-state index contributed by atoms with van der Waals surface area (Å²) in [6.45, 7) is 2.71. The van der Waals surface area contributed by atoms with Crippen LogP contribution in [0.25, 0.3) is 0 Å². The topological polar surface area (TPSA) is 80.1 Å². The minimum Gasteiger partial charge on any atom is -0.347 e. The second-order valence-electron chi connectivity index (χ2n) is 6.99. The van der Waals surface area contributed by atoms with Crippen molar-refractivity contribution in [2.24, 2.45) is 0 Å². The van der Waals surface area contributed by atoms with Crippen LogP contribution in [0.4, 0.5) is 5.69 Å². The van der Waals surface area contributed by atoms with Crippen molar-refractivity contribution >= 4 is 17.5 Å². The second-order valence-corrected chi connectivity index (χ2v) is 6.99. The third kappa shape index (κ3) is 2.98. The maximum absolute atomic E-state index is 12.7. The van der Waals surface area contributed by atoms with E-state index in [9.17, 15) is 9.59 Å². The van der Waals surface area contributed by atoms with Gasteiger partial charge in [-0.2, -0.15) is 5.10 Å². The van der Waals surface area contributed by atoms with Gasteiger partial charge in [-0.25, -0.2) is 9.67 Å². The van der Waals surface area contributed by atoms with E-state index in [0.717, 1.165) is 42.2 Å². The van der Waals surface area contributed by atoms with E-state index in [1.54, 1.807) is 18.0 Å². The smallest absolute Gasteiger partial charge is 0.251 e. The monoisotopic (exact) mass is 353 g/mol. The van der Waals surface area contributed by atoms with Crippen molar-refractivity contribution in [2.45, 2.75) is 51.6 Å². The predicted octanol–water partition coefficient (Wildman–Crippen LogP) is 1.49. The van der Waals surface area contributed by atoms with Crippen LogP contribution in [-0.2, 0) is 30.6 Å². The SMILES string of the molecule is CCc1nc2n(n1)CC(NC(=O)c1ccc3c(c1)CCC(=O)N3C)CC2. The average Bonchev–Trinajstić information content (AvgIpc) is 3.07. The normalized spacial score (nSPS) is 19.1. The maximum Gasteiger partial charge on any atom is 0.251 e. The summed E-state index contributed by atoms with van der Waals surface area (Å²) in [7, 11) is 1.78. The van der Waals surface area contributed by atoms with Gasteiger partial charge in [-0.3, -0.25) is 9.59 Å². The van der Waals surface area contributed by atoms with Crippen LogP contribution >= 0.6 is 0 Å². The molecule has 0 spiro atoms. The first-order valence-corrected chi connectivity index (χ1v) is 9.18. The number of amides is 2. The van der Waals surface area contributed by atoms with E-state index in [2.05, 4.69) is 15.4 Å². The zero-order chi connectivity index (χ0) is 18.3. The predicted molar refractivity (Wildman–Crippen MR) is 97.1 cm³/mol. The van der Waals surface area contributed by atoms with Gasteiger partial charge in [0.05, 0.1) is 6.54 Å². The lowest BCUT2D eigenvalue weighted by Crippen LogP contribution is -2.41. The molecule has 0 aliphatic carbocycles. The Labute approximate surface area is 152 Å². The van der Waals surface area contributed by atoms with E-state index in [-0.39, 0.29) is 17.9 Å². The van der Waals surface area contributed by atoms with E-state index in [0.29, 0.717) is 24.9 Å². The molecule has 2 aliphatic heterocycles. The number of nitrogens with zero attached hydrogens (tertiary/aromatic N) is 4. The van der Waals surface area contributed by atoms with Crippen molar-refractivity contribution < 1.29 is 9.59 Å². The van der Waals surface area contributed by atoms with Crippen LogP contribution in [0.1, 0.15) is 47.3 Å². The van der Waals surface area contributed by atoms with Gasteiger partial charge in [0.15, 0.2) is 5.82 Å². The Morgan fingerprint density at radius 3 is 2.96 bits per heavy atom. The summed E-state index contributed by atoms with van der Waals surface area (Å²) in [5.74, 6) is 1.91. The summed E-state index contributed by atoms with van der Waals surface area (Å²) in [5, 5.41) is 7.61. The van der Waals surface area contributed by atoms with Gasteiger partial charge in [0.1, 0.15) is 5.82 Å². The van der Waals surface area contributed by atoms with Gasteiger partial charge in [0, 0.05) is 43.6 Å². The molecule has 1 aromatic heterocycles. The number of benzene rings is 1. The van der Waals surface area contributed by atoms with Gasteiger partial charge in [-0.15, -0.1) is 0 Å². The van der Waals surface area contributed by atoms with Crippen molar-refractivity contribution in [3.8, 4) is 0 Å². The molecule has 0 bridgehead atoms. The number of carbonyl (C=O) groups excluding carboxylic acids is 2. The highest BCUT2D eigenvalue weighted by molar-refractivity contribution is 5.99.